The van der Waals surface area contributed by atoms with Crippen LogP contribution in [-0.4, -0.2) is 23.8 Å². The van der Waals surface area contributed by atoms with Gasteiger partial charge in [0.05, 0.1) is 6.10 Å². The Bertz CT molecular complexity index is 368. The molecule has 1 aliphatic heterocycles. The Morgan fingerprint density at radius 1 is 1.44 bits per heavy atom. The molecule has 0 saturated carbocycles. The van der Waals surface area contributed by atoms with Crippen LogP contribution in [0.1, 0.15) is 25.3 Å². The van der Waals surface area contributed by atoms with Gasteiger partial charge in [0.1, 0.15) is 5.41 Å². The number of hydrogen-bond acceptors (Lipinski definition) is 2. The van der Waals surface area contributed by atoms with Gasteiger partial charge in [-0.3, -0.25) is 4.79 Å². The zero-order valence-electron chi connectivity index (χ0n) is 9.35. The maximum atomic E-state index is 11.5. The van der Waals surface area contributed by atoms with Crippen LogP contribution in [0.25, 0.3) is 0 Å². The van der Waals surface area contributed by atoms with Gasteiger partial charge in [0.25, 0.3) is 0 Å². The fraction of sp³-hybridized carbons (Fsp3) is 0.462. The summed E-state index contributed by atoms with van der Waals surface area (Å²) in [5.41, 5.74) is -0.119. The lowest BCUT2D eigenvalue weighted by Crippen LogP contribution is -2.43. The van der Waals surface area contributed by atoms with E-state index in [0.29, 0.717) is 6.61 Å². The molecular formula is C13H16O3. The first-order chi connectivity index (χ1) is 7.65. The third-order valence-electron chi connectivity index (χ3n) is 3.39. The smallest absolute Gasteiger partial charge is 0.316 e. The molecule has 1 aromatic carbocycles. The molecule has 1 saturated heterocycles. The first-order valence-corrected chi connectivity index (χ1v) is 5.56. The Morgan fingerprint density at radius 2 is 2.12 bits per heavy atom. The number of benzene rings is 1. The highest BCUT2D eigenvalue weighted by Crippen LogP contribution is 2.35. The SMILES string of the molecule is CC(C(=O)O)(c1ccccc1)C1CCCO1. The van der Waals surface area contributed by atoms with Crippen LogP contribution >= 0.6 is 0 Å². The van der Waals surface area contributed by atoms with Gasteiger partial charge in [-0.15, -0.1) is 0 Å². The minimum atomic E-state index is -0.933. The van der Waals surface area contributed by atoms with E-state index < -0.39 is 11.4 Å². The maximum absolute atomic E-state index is 11.5. The zero-order valence-corrected chi connectivity index (χ0v) is 9.35. The average molecular weight is 220 g/mol. The molecule has 0 radical (unpaired) electrons. The summed E-state index contributed by atoms with van der Waals surface area (Å²) in [6.45, 7) is 2.42. The van der Waals surface area contributed by atoms with Crippen molar-refractivity contribution < 1.29 is 14.6 Å². The second-order valence-corrected chi connectivity index (χ2v) is 4.38. The van der Waals surface area contributed by atoms with Gasteiger partial charge in [0.15, 0.2) is 0 Å². The topological polar surface area (TPSA) is 46.5 Å². The van der Waals surface area contributed by atoms with Crippen LogP contribution in [0.4, 0.5) is 0 Å². The third-order valence-corrected chi connectivity index (χ3v) is 3.39. The predicted octanol–water partition coefficient (Wildman–Crippen LogP) is 2.21. The number of aliphatic carboxylic acids is 1. The quantitative estimate of drug-likeness (QED) is 0.849. The van der Waals surface area contributed by atoms with Crippen molar-refractivity contribution in [2.24, 2.45) is 0 Å². The van der Waals surface area contributed by atoms with Crippen LogP contribution in [0.2, 0.25) is 0 Å². The van der Waals surface area contributed by atoms with E-state index in [4.69, 9.17) is 4.74 Å². The molecule has 0 amide bonds. The molecule has 2 rings (SSSR count). The summed E-state index contributed by atoms with van der Waals surface area (Å²) in [4.78, 5) is 11.5. The average Bonchev–Trinajstić information content (AvgIpc) is 2.82. The van der Waals surface area contributed by atoms with Crippen molar-refractivity contribution in [3.63, 3.8) is 0 Å². The molecule has 86 valence electrons. The molecule has 1 N–H and O–H groups in total. The van der Waals surface area contributed by atoms with Crippen LogP contribution < -0.4 is 0 Å². The molecule has 3 heteroatoms. The lowest BCUT2D eigenvalue weighted by molar-refractivity contribution is -0.148. The fourth-order valence-corrected chi connectivity index (χ4v) is 2.26. The zero-order chi connectivity index (χ0) is 11.6. The number of rotatable bonds is 3. The first kappa shape index (κ1) is 11.1. The third kappa shape index (κ3) is 1.71. The Hall–Kier alpha value is -1.35. The van der Waals surface area contributed by atoms with E-state index >= 15 is 0 Å². The van der Waals surface area contributed by atoms with Gasteiger partial charge in [0.2, 0.25) is 0 Å². The summed E-state index contributed by atoms with van der Waals surface area (Å²) in [6, 6.07) is 9.34. The summed E-state index contributed by atoms with van der Waals surface area (Å²) in [7, 11) is 0. The molecule has 0 aromatic heterocycles. The minimum Gasteiger partial charge on any atom is -0.481 e. The van der Waals surface area contributed by atoms with Gasteiger partial charge in [-0.05, 0) is 25.3 Å². The number of ether oxygens (including phenoxy) is 1. The predicted molar refractivity (Wildman–Crippen MR) is 60.4 cm³/mol. The van der Waals surface area contributed by atoms with Crippen molar-refractivity contribution in [1.29, 1.82) is 0 Å². The van der Waals surface area contributed by atoms with Crippen LogP contribution in [0.5, 0.6) is 0 Å². The number of carboxylic acid groups (broad SMARTS) is 1. The van der Waals surface area contributed by atoms with Crippen molar-refractivity contribution in [1.82, 2.24) is 0 Å². The molecule has 0 aliphatic carbocycles. The van der Waals surface area contributed by atoms with Crippen molar-refractivity contribution in [2.45, 2.75) is 31.3 Å². The maximum Gasteiger partial charge on any atom is 0.316 e. The van der Waals surface area contributed by atoms with Gasteiger partial charge in [0, 0.05) is 6.61 Å². The van der Waals surface area contributed by atoms with Crippen molar-refractivity contribution >= 4 is 5.97 Å². The van der Waals surface area contributed by atoms with Crippen LogP contribution in [0, 0.1) is 0 Å². The normalized spacial score (nSPS) is 23.9. The lowest BCUT2D eigenvalue weighted by Gasteiger charge is -2.31. The number of carboxylic acids is 1. The minimum absolute atomic E-state index is 0.215. The monoisotopic (exact) mass is 220 g/mol. The molecule has 2 unspecified atom stereocenters. The highest BCUT2D eigenvalue weighted by atomic mass is 16.5. The Labute approximate surface area is 95.0 Å². The van der Waals surface area contributed by atoms with E-state index in [9.17, 15) is 9.90 Å². The molecule has 0 bridgehead atoms. The summed E-state index contributed by atoms with van der Waals surface area (Å²) in [5, 5.41) is 9.47. The standard InChI is InChI=1S/C13H16O3/c1-13(12(14)15,11-8-5-9-16-11)10-6-3-2-4-7-10/h2-4,6-7,11H,5,8-9H2,1H3,(H,14,15). The van der Waals surface area contributed by atoms with E-state index in [1.807, 2.05) is 30.3 Å². The molecule has 3 nitrogen and oxygen atoms in total. The Kier molecular flexibility index (Phi) is 2.97. The Morgan fingerprint density at radius 3 is 2.62 bits per heavy atom. The second kappa shape index (κ2) is 4.26. The van der Waals surface area contributed by atoms with Gasteiger partial charge in [-0.1, -0.05) is 30.3 Å². The summed E-state index contributed by atoms with van der Waals surface area (Å²) >= 11 is 0. The molecular weight excluding hydrogens is 204 g/mol. The van der Waals surface area contributed by atoms with E-state index in [1.54, 1.807) is 6.92 Å². The number of hydrogen-bond donors (Lipinski definition) is 1. The summed E-state index contributed by atoms with van der Waals surface area (Å²) in [6.07, 6.45) is 1.55. The van der Waals surface area contributed by atoms with E-state index in [0.717, 1.165) is 18.4 Å². The lowest BCUT2D eigenvalue weighted by atomic mass is 9.76. The van der Waals surface area contributed by atoms with E-state index in [1.165, 1.54) is 0 Å². The van der Waals surface area contributed by atoms with Gasteiger partial charge in [-0.2, -0.15) is 0 Å². The van der Waals surface area contributed by atoms with Gasteiger partial charge < -0.3 is 9.84 Å². The van der Waals surface area contributed by atoms with E-state index in [-0.39, 0.29) is 6.10 Å². The van der Waals surface area contributed by atoms with Crippen molar-refractivity contribution in [3.05, 3.63) is 35.9 Å². The largest absolute Gasteiger partial charge is 0.481 e. The van der Waals surface area contributed by atoms with Crippen LogP contribution in [0.15, 0.2) is 30.3 Å². The summed E-state index contributed by atoms with van der Waals surface area (Å²) < 4.78 is 5.55. The number of carbonyl (C=O) groups is 1. The molecule has 1 heterocycles. The highest BCUT2D eigenvalue weighted by molar-refractivity contribution is 5.81. The van der Waals surface area contributed by atoms with Crippen LogP contribution in [-0.2, 0) is 14.9 Å². The molecule has 2 atom stereocenters. The van der Waals surface area contributed by atoms with Gasteiger partial charge >= 0.3 is 5.97 Å². The molecule has 0 spiro atoms. The van der Waals surface area contributed by atoms with E-state index in [2.05, 4.69) is 0 Å². The molecule has 1 aliphatic rings. The highest BCUT2D eigenvalue weighted by Gasteiger charge is 2.45. The van der Waals surface area contributed by atoms with Crippen molar-refractivity contribution in [3.8, 4) is 0 Å². The van der Waals surface area contributed by atoms with Crippen molar-refractivity contribution in [2.75, 3.05) is 6.61 Å². The Balaban J connectivity index is 2.39. The molecule has 16 heavy (non-hydrogen) atoms. The second-order valence-electron chi connectivity index (χ2n) is 4.38. The summed E-state index contributed by atoms with van der Waals surface area (Å²) in [5.74, 6) is -0.814. The first-order valence-electron chi connectivity index (χ1n) is 5.56. The molecule has 1 fully saturated rings. The van der Waals surface area contributed by atoms with Crippen LogP contribution in [0.3, 0.4) is 0 Å². The molecule has 1 aromatic rings. The fourth-order valence-electron chi connectivity index (χ4n) is 2.26. The van der Waals surface area contributed by atoms with Gasteiger partial charge in [-0.25, -0.2) is 0 Å².